The summed E-state index contributed by atoms with van der Waals surface area (Å²) >= 11 is 0. The van der Waals surface area contributed by atoms with Crippen LogP contribution in [-0.2, 0) is 6.42 Å². The van der Waals surface area contributed by atoms with Gasteiger partial charge in [0.15, 0.2) is 5.78 Å². The van der Waals surface area contributed by atoms with Crippen molar-refractivity contribution < 1.29 is 4.79 Å². The average molecular weight is 255 g/mol. The molecular formula is C17H21NO. The van der Waals surface area contributed by atoms with Crippen molar-refractivity contribution in [2.45, 2.75) is 46.0 Å². The Bertz CT molecular complexity index is 619. The van der Waals surface area contributed by atoms with Crippen LogP contribution in [0.25, 0.3) is 10.9 Å². The smallest absolute Gasteiger partial charge is 0.162 e. The van der Waals surface area contributed by atoms with Gasteiger partial charge < -0.3 is 4.98 Å². The van der Waals surface area contributed by atoms with E-state index in [2.05, 4.69) is 18.0 Å². The first-order valence-corrected chi connectivity index (χ1v) is 7.33. The lowest BCUT2D eigenvalue weighted by molar-refractivity contribution is 0.0988. The fraction of sp³-hybridized carbons (Fsp3) is 0.471. The van der Waals surface area contributed by atoms with Crippen LogP contribution in [0.1, 0.15) is 54.2 Å². The van der Waals surface area contributed by atoms with Crippen molar-refractivity contribution in [2.24, 2.45) is 5.92 Å². The highest BCUT2D eigenvalue weighted by Crippen LogP contribution is 2.33. The number of aromatic amines is 1. The summed E-state index contributed by atoms with van der Waals surface area (Å²) < 4.78 is 0. The molecule has 3 rings (SSSR count). The van der Waals surface area contributed by atoms with E-state index >= 15 is 0 Å². The molecule has 0 amide bonds. The molecule has 0 aliphatic heterocycles. The van der Waals surface area contributed by atoms with Gasteiger partial charge in [-0.2, -0.15) is 0 Å². The third-order valence-electron chi connectivity index (χ3n) is 4.48. The zero-order chi connectivity index (χ0) is 13.4. The van der Waals surface area contributed by atoms with E-state index in [0.717, 1.165) is 17.0 Å². The van der Waals surface area contributed by atoms with Crippen LogP contribution in [0.5, 0.6) is 0 Å². The Hall–Kier alpha value is -1.57. The number of ketones is 1. The van der Waals surface area contributed by atoms with Crippen LogP contribution in [0, 0.1) is 12.8 Å². The lowest BCUT2D eigenvalue weighted by atomic mass is 9.80. The first kappa shape index (κ1) is 12.5. The fourth-order valence-corrected chi connectivity index (χ4v) is 3.02. The Balaban J connectivity index is 1.99. The van der Waals surface area contributed by atoms with Gasteiger partial charge in [0, 0.05) is 28.6 Å². The number of carbonyl (C=O) groups is 1. The molecule has 2 aromatic rings. The minimum atomic E-state index is 0.217. The highest BCUT2D eigenvalue weighted by atomic mass is 16.1. The second-order valence-electron chi connectivity index (χ2n) is 5.77. The summed E-state index contributed by atoms with van der Waals surface area (Å²) in [4.78, 5) is 15.2. The second kappa shape index (κ2) is 4.84. The van der Waals surface area contributed by atoms with E-state index in [1.807, 2.05) is 19.1 Å². The summed E-state index contributed by atoms with van der Waals surface area (Å²) in [5.41, 5.74) is 4.66. The Morgan fingerprint density at radius 3 is 2.79 bits per heavy atom. The van der Waals surface area contributed by atoms with E-state index in [0.29, 0.717) is 6.42 Å². The van der Waals surface area contributed by atoms with Crippen LogP contribution in [0.15, 0.2) is 18.2 Å². The van der Waals surface area contributed by atoms with Gasteiger partial charge in [-0.1, -0.05) is 38.3 Å². The Kier molecular flexibility index (Phi) is 3.17. The Labute approximate surface area is 114 Å². The molecule has 1 saturated carbocycles. The van der Waals surface area contributed by atoms with Crippen molar-refractivity contribution in [1.29, 1.82) is 0 Å². The molecular weight excluding hydrogens is 234 g/mol. The van der Waals surface area contributed by atoms with E-state index in [-0.39, 0.29) is 5.78 Å². The van der Waals surface area contributed by atoms with Gasteiger partial charge in [0.25, 0.3) is 0 Å². The van der Waals surface area contributed by atoms with Crippen LogP contribution in [0.2, 0.25) is 0 Å². The van der Waals surface area contributed by atoms with E-state index < -0.39 is 0 Å². The average Bonchev–Trinajstić information content (AvgIpc) is 2.67. The first-order chi connectivity index (χ1) is 9.19. The number of nitrogens with one attached hydrogen (secondary N) is 1. The van der Waals surface area contributed by atoms with Gasteiger partial charge in [-0.25, -0.2) is 0 Å². The highest BCUT2D eigenvalue weighted by molar-refractivity contribution is 5.99. The van der Waals surface area contributed by atoms with E-state index in [4.69, 9.17) is 0 Å². The number of fused-ring (bicyclic) bond motifs is 1. The molecule has 0 bridgehead atoms. The van der Waals surface area contributed by atoms with Gasteiger partial charge in [0.05, 0.1) is 0 Å². The molecule has 1 aromatic carbocycles. The summed E-state index contributed by atoms with van der Waals surface area (Å²) in [6.07, 6.45) is 5.89. The van der Waals surface area contributed by atoms with Crippen molar-refractivity contribution in [3.63, 3.8) is 0 Å². The zero-order valence-corrected chi connectivity index (χ0v) is 11.8. The third kappa shape index (κ3) is 2.20. The first-order valence-electron chi connectivity index (χ1n) is 7.33. The van der Waals surface area contributed by atoms with Crippen molar-refractivity contribution in [2.75, 3.05) is 0 Å². The molecule has 0 unspecified atom stereocenters. The van der Waals surface area contributed by atoms with Crippen LogP contribution in [0.3, 0.4) is 0 Å². The number of aromatic nitrogens is 1. The topological polar surface area (TPSA) is 32.9 Å². The van der Waals surface area contributed by atoms with Gasteiger partial charge in [0.1, 0.15) is 0 Å². The van der Waals surface area contributed by atoms with E-state index in [9.17, 15) is 4.79 Å². The molecule has 19 heavy (non-hydrogen) atoms. The molecule has 100 valence electrons. The molecule has 2 heteroatoms. The van der Waals surface area contributed by atoms with E-state index in [1.165, 1.54) is 42.3 Å². The van der Waals surface area contributed by atoms with Crippen LogP contribution >= 0.6 is 0 Å². The van der Waals surface area contributed by atoms with Gasteiger partial charge >= 0.3 is 0 Å². The lowest BCUT2D eigenvalue weighted by Gasteiger charge is -2.25. The standard InChI is InChI=1S/C17H21NO/c1-3-17(19)13-7-8-14-15(9-12-5-4-6-12)11(2)18-16(14)10-13/h7-8,10,12,18H,3-6,9H2,1-2H3. The van der Waals surface area contributed by atoms with Gasteiger partial charge in [-0.3, -0.25) is 4.79 Å². The van der Waals surface area contributed by atoms with Crippen LogP contribution in [-0.4, -0.2) is 10.8 Å². The molecule has 1 fully saturated rings. The molecule has 2 nitrogen and oxygen atoms in total. The third-order valence-corrected chi connectivity index (χ3v) is 4.48. The largest absolute Gasteiger partial charge is 0.358 e. The zero-order valence-electron chi connectivity index (χ0n) is 11.8. The molecule has 1 aliphatic carbocycles. The molecule has 1 N–H and O–H groups in total. The Morgan fingerprint density at radius 1 is 1.37 bits per heavy atom. The molecule has 0 saturated heterocycles. The number of rotatable bonds is 4. The van der Waals surface area contributed by atoms with Crippen LogP contribution < -0.4 is 0 Å². The van der Waals surface area contributed by atoms with Gasteiger partial charge in [-0.05, 0) is 30.9 Å². The summed E-state index contributed by atoms with van der Waals surface area (Å²) in [6.45, 7) is 4.06. The maximum Gasteiger partial charge on any atom is 0.162 e. The summed E-state index contributed by atoms with van der Waals surface area (Å²) in [5.74, 6) is 1.09. The van der Waals surface area contributed by atoms with Crippen molar-refractivity contribution in [1.82, 2.24) is 4.98 Å². The normalized spacial score (nSPS) is 15.7. The minimum absolute atomic E-state index is 0.217. The molecule has 1 aromatic heterocycles. The number of benzene rings is 1. The molecule has 1 aliphatic rings. The molecule has 0 radical (unpaired) electrons. The van der Waals surface area contributed by atoms with Crippen molar-refractivity contribution >= 4 is 16.7 Å². The van der Waals surface area contributed by atoms with Gasteiger partial charge in [0.2, 0.25) is 0 Å². The maximum atomic E-state index is 11.8. The monoisotopic (exact) mass is 255 g/mol. The van der Waals surface area contributed by atoms with Crippen LogP contribution in [0.4, 0.5) is 0 Å². The number of carbonyl (C=O) groups excluding carboxylic acids is 1. The lowest BCUT2D eigenvalue weighted by Crippen LogP contribution is -2.13. The number of aryl methyl sites for hydroxylation is 1. The van der Waals surface area contributed by atoms with Crippen molar-refractivity contribution in [3.05, 3.63) is 35.0 Å². The maximum absolute atomic E-state index is 11.8. The second-order valence-corrected chi connectivity index (χ2v) is 5.77. The minimum Gasteiger partial charge on any atom is -0.358 e. The molecule has 0 atom stereocenters. The SMILES string of the molecule is CCC(=O)c1ccc2c(CC3CCC3)c(C)[nH]c2c1. The Morgan fingerprint density at radius 2 is 2.16 bits per heavy atom. The quantitative estimate of drug-likeness (QED) is 0.806. The number of hydrogen-bond donors (Lipinski definition) is 1. The number of H-pyrrole nitrogens is 1. The highest BCUT2D eigenvalue weighted by Gasteiger charge is 2.20. The van der Waals surface area contributed by atoms with Crippen molar-refractivity contribution in [3.8, 4) is 0 Å². The fourth-order valence-electron chi connectivity index (χ4n) is 3.02. The number of hydrogen-bond acceptors (Lipinski definition) is 1. The number of Topliss-reactive ketones (excluding diaryl/α,β-unsaturated/α-hetero) is 1. The predicted molar refractivity (Wildman–Crippen MR) is 78.7 cm³/mol. The molecule has 1 heterocycles. The van der Waals surface area contributed by atoms with Gasteiger partial charge in [-0.15, -0.1) is 0 Å². The summed E-state index contributed by atoms with van der Waals surface area (Å²) in [5, 5.41) is 1.30. The molecule has 0 spiro atoms. The summed E-state index contributed by atoms with van der Waals surface area (Å²) in [6, 6.07) is 6.11. The predicted octanol–water partition coefficient (Wildman–Crippen LogP) is 4.41. The van der Waals surface area contributed by atoms with E-state index in [1.54, 1.807) is 0 Å². The summed E-state index contributed by atoms with van der Waals surface area (Å²) in [7, 11) is 0.